The van der Waals surface area contributed by atoms with Crippen LogP contribution in [0.5, 0.6) is 0 Å². The van der Waals surface area contributed by atoms with Gasteiger partial charge in [0.15, 0.2) is 0 Å². The van der Waals surface area contributed by atoms with E-state index in [2.05, 4.69) is 15.4 Å². The van der Waals surface area contributed by atoms with Crippen LogP contribution in [0.3, 0.4) is 0 Å². The molecule has 1 aromatic heterocycles. The van der Waals surface area contributed by atoms with Crippen LogP contribution >= 0.6 is 0 Å². The highest BCUT2D eigenvalue weighted by Crippen LogP contribution is 1.90. The van der Waals surface area contributed by atoms with Gasteiger partial charge in [0.05, 0.1) is 0 Å². The van der Waals surface area contributed by atoms with Gasteiger partial charge in [-0.25, -0.2) is 5.10 Å². The highest BCUT2D eigenvalue weighted by atomic mass is 16.4. The number of H-pyrrole nitrogens is 1. The zero-order valence-corrected chi connectivity index (χ0v) is 5.90. The number of aromatic amines is 1. The van der Waals surface area contributed by atoms with Gasteiger partial charge in [-0.15, -0.1) is 0 Å². The van der Waals surface area contributed by atoms with Crippen LogP contribution in [0.2, 0.25) is 0 Å². The molecule has 1 rings (SSSR count). The Labute approximate surface area is 62.4 Å². The molecule has 0 radical (unpaired) electrons. The van der Waals surface area contributed by atoms with Crippen molar-refractivity contribution in [2.24, 2.45) is 5.16 Å². The molecule has 11 heavy (non-hydrogen) atoms. The summed E-state index contributed by atoms with van der Waals surface area (Å²) in [6.45, 7) is 1.58. The second kappa shape index (κ2) is 2.96. The predicted molar refractivity (Wildman–Crippen MR) is 38.9 cm³/mol. The summed E-state index contributed by atoms with van der Waals surface area (Å²) in [6.07, 6.45) is 0. The molecule has 1 aromatic rings. The van der Waals surface area contributed by atoms with E-state index >= 15 is 0 Å². The Hall–Kier alpha value is -1.65. The molecule has 58 valence electrons. The van der Waals surface area contributed by atoms with Crippen LogP contribution in [0.1, 0.15) is 12.6 Å². The zero-order chi connectivity index (χ0) is 8.27. The third kappa shape index (κ3) is 1.64. The molecule has 5 nitrogen and oxygen atoms in total. The van der Waals surface area contributed by atoms with Crippen molar-refractivity contribution < 1.29 is 5.21 Å². The number of nitrogens with one attached hydrogen (secondary N) is 1. The van der Waals surface area contributed by atoms with Crippen LogP contribution in [0.4, 0.5) is 0 Å². The maximum absolute atomic E-state index is 10.5. The third-order valence-corrected chi connectivity index (χ3v) is 1.20. The molecule has 0 atom stereocenters. The molecule has 2 N–H and O–H groups in total. The molecule has 0 amide bonds. The molecule has 1 heterocycles. The average Bonchev–Trinajstić information content (AvgIpc) is 2.05. The summed E-state index contributed by atoms with van der Waals surface area (Å²) in [5.74, 6) is 0. The molecule has 0 aliphatic rings. The molecule has 5 heteroatoms. The molecule has 0 saturated carbocycles. The van der Waals surface area contributed by atoms with Crippen LogP contribution in [0, 0.1) is 0 Å². The van der Waals surface area contributed by atoms with Gasteiger partial charge >= 0.3 is 0 Å². The summed E-state index contributed by atoms with van der Waals surface area (Å²) in [4.78, 5) is 10.5. The molecular weight excluding hydrogens is 146 g/mol. The molecular formula is C6H7N3O2. The SMILES string of the molecule is C/C(=N\O)c1ccc(=O)[nH]n1. The lowest BCUT2D eigenvalue weighted by molar-refractivity contribution is 0.319. The molecule has 0 unspecified atom stereocenters. The fourth-order valence-corrected chi connectivity index (χ4v) is 0.597. The minimum Gasteiger partial charge on any atom is -0.411 e. The summed E-state index contributed by atoms with van der Waals surface area (Å²) < 4.78 is 0. The van der Waals surface area contributed by atoms with Crippen LogP contribution in [0.15, 0.2) is 22.1 Å². The highest BCUT2D eigenvalue weighted by Gasteiger charge is 1.97. The van der Waals surface area contributed by atoms with E-state index < -0.39 is 0 Å². The normalized spacial score (nSPS) is 11.5. The largest absolute Gasteiger partial charge is 0.411 e. The van der Waals surface area contributed by atoms with Gasteiger partial charge in [0.1, 0.15) is 11.4 Å². The van der Waals surface area contributed by atoms with Crippen molar-refractivity contribution in [1.82, 2.24) is 10.2 Å². The van der Waals surface area contributed by atoms with Gasteiger partial charge in [-0.1, -0.05) is 5.16 Å². The van der Waals surface area contributed by atoms with E-state index in [1.165, 1.54) is 12.1 Å². The Morgan fingerprint density at radius 1 is 1.73 bits per heavy atom. The first-order chi connectivity index (χ1) is 5.24. The molecule has 0 spiro atoms. The van der Waals surface area contributed by atoms with Crippen LogP contribution in [-0.4, -0.2) is 21.1 Å². The van der Waals surface area contributed by atoms with E-state index in [1.807, 2.05) is 0 Å². The van der Waals surface area contributed by atoms with Crippen molar-refractivity contribution in [2.45, 2.75) is 6.92 Å². The van der Waals surface area contributed by atoms with E-state index in [-0.39, 0.29) is 5.56 Å². The van der Waals surface area contributed by atoms with Crippen LogP contribution < -0.4 is 5.56 Å². The second-order valence-electron chi connectivity index (χ2n) is 1.99. The van der Waals surface area contributed by atoms with Crippen molar-refractivity contribution in [1.29, 1.82) is 0 Å². The lowest BCUT2D eigenvalue weighted by atomic mass is 10.3. The summed E-state index contributed by atoms with van der Waals surface area (Å²) in [7, 11) is 0. The van der Waals surface area contributed by atoms with Crippen LogP contribution in [0.25, 0.3) is 0 Å². The maximum Gasteiger partial charge on any atom is 0.264 e. The number of hydrogen-bond donors (Lipinski definition) is 2. The van der Waals surface area contributed by atoms with Gasteiger partial charge in [0.2, 0.25) is 0 Å². The fraction of sp³-hybridized carbons (Fsp3) is 0.167. The van der Waals surface area contributed by atoms with Crippen molar-refractivity contribution in [3.05, 3.63) is 28.2 Å². The number of hydrogen-bond acceptors (Lipinski definition) is 4. The topological polar surface area (TPSA) is 78.3 Å². The van der Waals surface area contributed by atoms with Gasteiger partial charge in [-0.2, -0.15) is 5.10 Å². The van der Waals surface area contributed by atoms with E-state index in [4.69, 9.17) is 5.21 Å². The summed E-state index contributed by atoms with van der Waals surface area (Å²) >= 11 is 0. The Morgan fingerprint density at radius 3 is 2.91 bits per heavy atom. The summed E-state index contributed by atoms with van der Waals surface area (Å²) in [5, 5.41) is 17.1. The smallest absolute Gasteiger partial charge is 0.264 e. The van der Waals surface area contributed by atoms with Crippen molar-refractivity contribution >= 4 is 5.71 Å². The molecule has 0 aliphatic heterocycles. The minimum atomic E-state index is -0.278. The Balaban J connectivity index is 3.09. The Bertz CT molecular complexity index is 308. The average molecular weight is 153 g/mol. The quantitative estimate of drug-likeness (QED) is 0.338. The van der Waals surface area contributed by atoms with E-state index in [0.717, 1.165) is 0 Å². The Kier molecular flexibility index (Phi) is 2.00. The first kappa shape index (κ1) is 7.46. The van der Waals surface area contributed by atoms with Gasteiger partial charge in [0.25, 0.3) is 5.56 Å². The van der Waals surface area contributed by atoms with Gasteiger partial charge in [-0.3, -0.25) is 4.79 Å². The van der Waals surface area contributed by atoms with Gasteiger partial charge in [-0.05, 0) is 13.0 Å². The molecule has 0 aromatic carbocycles. The standard InChI is InChI=1S/C6H7N3O2/c1-4(9-11)5-2-3-6(10)8-7-5/h2-3,11H,1H3,(H,8,10)/b9-4+. The predicted octanol–water partition coefficient (Wildman–Crippen LogP) is -0.0319. The molecule has 0 saturated heterocycles. The molecule has 0 fully saturated rings. The van der Waals surface area contributed by atoms with E-state index in [0.29, 0.717) is 11.4 Å². The highest BCUT2D eigenvalue weighted by molar-refractivity contribution is 5.96. The minimum absolute atomic E-state index is 0.278. The van der Waals surface area contributed by atoms with E-state index in [1.54, 1.807) is 6.92 Å². The van der Waals surface area contributed by atoms with E-state index in [9.17, 15) is 4.79 Å². The maximum atomic E-state index is 10.5. The number of aromatic nitrogens is 2. The van der Waals surface area contributed by atoms with Gasteiger partial charge < -0.3 is 5.21 Å². The first-order valence-electron chi connectivity index (χ1n) is 2.99. The summed E-state index contributed by atoms with van der Waals surface area (Å²) in [6, 6.07) is 2.80. The number of nitrogens with zero attached hydrogens (tertiary/aromatic N) is 2. The summed E-state index contributed by atoms with van der Waals surface area (Å²) in [5.41, 5.74) is 0.535. The van der Waals surface area contributed by atoms with Gasteiger partial charge in [0, 0.05) is 6.07 Å². The monoisotopic (exact) mass is 153 g/mol. The molecule has 0 bridgehead atoms. The van der Waals surface area contributed by atoms with Crippen LogP contribution in [-0.2, 0) is 0 Å². The van der Waals surface area contributed by atoms with Crippen molar-refractivity contribution in [3.8, 4) is 0 Å². The lowest BCUT2D eigenvalue weighted by Gasteiger charge is -1.92. The number of rotatable bonds is 1. The lowest BCUT2D eigenvalue weighted by Crippen LogP contribution is -2.10. The molecule has 0 aliphatic carbocycles. The number of oxime groups is 1. The van der Waals surface area contributed by atoms with Crippen molar-refractivity contribution in [2.75, 3.05) is 0 Å². The van der Waals surface area contributed by atoms with Crippen molar-refractivity contribution in [3.63, 3.8) is 0 Å². The zero-order valence-electron chi connectivity index (χ0n) is 5.90. The third-order valence-electron chi connectivity index (χ3n) is 1.20. The fourth-order valence-electron chi connectivity index (χ4n) is 0.597. The first-order valence-corrected chi connectivity index (χ1v) is 2.99. The Morgan fingerprint density at radius 2 is 2.45 bits per heavy atom. The second-order valence-corrected chi connectivity index (χ2v) is 1.99.